The molecule has 5 nitrogen and oxygen atoms in total. The van der Waals surface area contributed by atoms with Gasteiger partial charge in [-0.2, -0.15) is 0 Å². The minimum atomic E-state index is -0.549. The Morgan fingerprint density at radius 1 is 1.32 bits per heavy atom. The molecule has 140 valence electrons. The molecule has 0 aliphatic carbocycles. The fourth-order valence-corrected chi connectivity index (χ4v) is 3.44. The summed E-state index contributed by atoms with van der Waals surface area (Å²) in [5.41, 5.74) is 0.509. The van der Waals surface area contributed by atoms with Crippen molar-refractivity contribution in [1.82, 2.24) is 10.2 Å². The van der Waals surface area contributed by atoms with Crippen LogP contribution in [-0.4, -0.2) is 56.3 Å². The average molecular weight is 414 g/mol. The van der Waals surface area contributed by atoms with Crippen LogP contribution in [0.4, 0.5) is 4.39 Å². The first-order valence-corrected chi connectivity index (χ1v) is 8.65. The second-order valence-electron chi connectivity index (χ2n) is 5.92. The van der Waals surface area contributed by atoms with Crippen molar-refractivity contribution in [2.45, 2.75) is 18.6 Å². The highest BCUT2D eigenvalue weighted by molar-refractivity contribution is 6.35. The zero-order chi connectivity index (χ0) is 17.1. The van der Waals surface area contributed by atoms with E-state index in [0.717, 1.165) is 6.54 Å². The van der Waals surface area contributed by atoms with Crippen LogP contribution in [0.1, 0.15) is 18.1 Å². The number of ether oxygens (including phenoxy) is 2. The summed E-state index contributed by atoms with van der Waals surface area (Å²) in [6.07, 6.45) is -0.0902. The number of rotatable bonds is 3. The van der Waals surface area contributed by atoms with Gasteiger partial charge in [-0.25, -0.2) is 4.39 Å². The third kappa shape index (κ3) is 5.18. The van der Waals surface area contributed by atoms with Crippen LogP contribution in [0.5, 0.6) is 0 Å². The summed E-state index contributed by atoms with van der Waals surface area (Å²) in [7, 11) is 0. The topological polar surface area (TPSA) is 50.8 Å². The minimum Gasteiger partial charge on any atom is -0.378 e. The molecule has 1 aromatic carbocycles. The number of morpholine rings is 2. The number of amides is 1. The zero-order valence-electron chi connectivity index (χ0n) is 13.5. The maximum absolute atomic E-state index is 13.7. The molecule has 1 aromatic rings. The van der Waals surface area contributed by atoms with E-state index in [4.69, 9.17) is 32.7 Å². The van der Waals surface area contributed by atoms with Crippen molar-refractivity contribution in [3.63, 3.8) is 0 Å². The second-order valence-corrected chi connectivity index (χ2v) is 6.73. The van der Waals surface area contributed by atoms with Crippen LogP contribution in [0.15, 0.2) is 12.1 Å². The predicted octanol–water partition coefficient (Wildman–Crippen LogP) is 2.83. The van der Waals surface area contributed by atoms with Crippen LogP contribution in [-0.2, 0) is 14.3 Å². The molecule has 2 fully saturated rings. The molecule has 1 amide bonds. The highest BCUT2D eigenvalue weighted by Crippen LogP contribution is 2.32. The van der Waals surface area contributed by atoms with Gasteiger partial charge in [0.15, 0.2) is 0 Å². The summed E-state index contributed by atoms with van der Waals surface area (Å²) in [6.45, 7) is 3.19. The molecule has 3 rings (SSSR count). The number of carbonyl (C=O) groups excluding carboxylic acids is 1. The minimum absolute atomic E-state index is 0. The van der Waals surface area contributed by atoms with Crippen LogP contribution in [0.2, 0.25) is 10.0 Å². The van der Waals surface area contributed by atoms with Crippen LogP contribution >= 0.6 is 35.6 Å². The highest BCUT2D eigenvalue weighted by Gasteiger charge is 2.29. The van der Waals surface area contributed by atoms with Crippen LogP contribution in [0.25, 0.3) is 0 Å². The Labute approximate surface area is 162 Å². The maximum atomic E-state index is 13.7. The number of benzene rings is 1. The third-order valence-electron chi connectivity index (χ3n) is 4.23. The summed E-state index contributed by atoms with van der Waals surface area (Å²) in [6, 6.07) is 2.67. The van der Waals surface area contributed by atoms with Gasteiger partial charge in [0.2, 0.25) is 5.91 Å². The summed E-state index contributed by atoms with van der Waals surface area (Å²) < 4.78 is 24.8. The Kier molecular flexibility index (Phi) is 7.73. The fraction of sp³-hybridized carbons (Fsp3) is 0.562. The number of nitrogens with zero attached hydrogens (tertiary/aromatic N) is 1. The van der Waals surface area contributed by atoms with Gasteiger partial charge in [-0.15, -0.1) is 12.4 Å². The van der Waals surface area contributed by atoms with Gasteiger partial charge < -0.3 is 19.7 Å². The molecule has 0 aromatic heterocycles. The van der Waals surface area contributed by atoms with Gasteiger partial charge in [0.25, 0.3) is 0 Å². The molecule has 9 heteroatoms. The molecular weight excluding hydrogens is 394 g/mol. The van der Waals surface area contributed by atoms with Crippen LogP contribution < -0.4 is 5.32 Å². The largest absolute Gasteiger partial charge is 0.378 e. The SMILES string of the molecule is Cl.O=C(CC1COCCN1)N1CCOC(c2cc(F)c(Cl)cc2Cl)C1. The van der Waals surface area contributed by atoms with Gasteiger partial charge in [-0.05, 0) is 12.1 Å². The highest BCUT2D eigenvalue weighted by atomic mass is 35.5. The first-order chi connectivity index (χ1) is 11.5. The first-order valence-electron chi connectivity index (χ1n) is 7.89. The first kappa shape index (κ1) is 20.7. The molecule has 2 aliphatic rings. The Bertz CT molecular complexity index is 615. The standard InChI is InChI=1S/C16H19Cl2FN2O3.ClH/c17-12-7-13(18)14(19)6-11(12)15-8-21(2-4-24-15)16(22)5-10-9-23-3-1-20-10;/h6-7,10,15,20H,1-5,8-9H2;1H. The molecule has 0 saturated carbocycles. The fourth-order valence-electron chi connectivity index (χ4n) is 2.94. The summed E-state index contributed by atoms with van der Waals surface area (Å²) >= 11 is 11.9. The quantitative estimate of drug-likeness (QED) is 0.774. The van der Waals surface area contributed by atoms with Crippen molar-refractivity contribution < 1.29 is 18.7 Å². The zero-order valence-corrected chi connectivity index (χ0v) is 15.8. The lowest BCUT2D eigenvalue weighted by Gasteiger charge is -2.35. The van der Waals surface area contributed by atoms with Crippen LogP contribution in [0, 0.1) is 5.82 Å². The molecule has 2 atom stereocenters. The number of hydrogen-bond acceptors (Lipinski definition) is 4. The molecule has 0 bridgehead atoms. The smallest absolute Gasteiger partial charge is 0.224 e. The van der Waals surface area contributed by atoms with E-state index >= 15 is 0 Å². The van der Waals surface area contributed by atoms with Gasteiger partial charge in [-0.1, -0.05) is 23.2 Å². The van der Waals surface area contributed by atoms with E-state index < -0.39 is 11.9 Å². The predicted molar refractivity (Wildman–Crippen MR) is 96.2 cm³/mol. The van der Waals surface area contributed by atoms with Crippen LogP contribution in [0.3, 0.4) is 0 Å². The van der Waals surface area contributed by atoms with E-state index in [1.165, 1.54) is 12.1 Å². The number of carbonyl (C=O) groups is 1. The Hall–Kier alpha value is -0.630. The lowest BCUT2D eigenvalue weighted by Crippen LogP contribution is -2.48. The van der Waals surface area contributed by atoms with Gasteiger partial charge in [0.1, 0.15) is 11.9 Å². The summed E-state index contributed by atoms with van der Waals surface area (Å²) in [5.74, 6) is -0.525. The average Bonchev–Trinajstić information content (AvgIpc) is 2.59. The molecule has 0 radical (unpaired) electrons. The molecule has 0 spiro atoms. The summed E-state index contributed by atoms with van der Waals surface area (Å²) in [4.78, 5) is 14.2. The van der Waals surface area contributed by atoms with E-state index in [1.807, 2.05) is 0 Å². The Balaban J connectivity index is 0.00000225. The molecule has 25 heavy (non-hydrogen) atoms. The van der Waals surface area contributed by atoms with Crippen molar-refractivity contribution in [2.24, 2.45) is 0 Å². The van der Waals surface area contributed by atoms with Gasteiger partial charge in [-0.3, -0.25) is 4.79 Å². The molecule has 2 aliphatic heterocycles. The Morgan fingerprint density at radius 2 is 2.12 bits per heavy atom. The summed E-state index contributed by atoms with van der Waals surface area (Å²) in [5, 5.41) is 3.57. The van der Waals surface area contributed by atoms with Crippen molar-refractivity contribution in [1.29, 1.82) is 0 Å². The van der Waals surface area contributed by atoms with E-state index in [1.54, 1.807) is 4.90 Å². The maximum Gasteiger partial charge on any atom is 0.224 e. The van der Waals surface area contributed by atoms with E-state index in [0.29, 0.717) is 49.9 Å². The molecule has 2 unspecified atom stereocenters. The second kappa shape index (κ2) is 9.35. The lowest BCUT2D eigenvalue weighted by atomic mass is 10.1. The van der Waals surface area contributed by atoms with Crippen molar-refractivity contribution in [3.8, 4) is 0 Å². The van der Waals surface area contributed by atoms with Gasteiger partial charge in [0.05, 0.1) is 31.4 Å². The molecule has 2 saturated heterocycles. The van der Waals surface area contributed by atoms with E-state index in [9.17, 15) is 9.18 Å². The van der Waals surface area contributed by atoms with Gasteiger partial charge >= 0.3 is 0 Å². The lowest BCUT2D eigenvalue weighted by molar-refractivity contribution is -0.140. The van der Waals surface area contributed by atoms with E-state index in [-0.39, 0.29) is 29.4 Å². The molecular formula is C16H20Cl3FN2O3. The molecule has 2 heterocycles. The number of hydrogen-bond donors (Lipinski definition) is 1. The van der Waals surface area contributed by atoms with E-state index in [2.05, 4.69) is 5.32 Å². The Morgan fingerprint density at radius 3 is 2.84 bits per heavy atom. The number of halogens is 4. The number of nitrogens with one attached hydrogen (secondary N) is 1. The van der Waals surface area contributed by atoms with Crippen molar-refractivity contribution >= 4 is 41.5 Å². The monoisotopic (exact) mass is 412 g/mol. The normalized spacial score (nSPS) is 23.9. The van der Waals surface area contributed by atoms with Crippen molar-refractivity contribution in [2.75, 3.05) is 39.5 Å². The van der Waals surface area contributed by atoms with Crippen molar-refractivity contribution in [3.05, 3.63) is 33.6 Å². The third-order valence-corrected chi connectivity index (χ3v) is 4.84. The molecule has 1 N–H and O–H groups in total. The van der Waals surface area contributed by atoms with Gasteiger partial charge in [0, 0.05) is 36.1 Å².